The number of amides is 2. The van der Waals surface area contributed by atoms with Crippen LogP contribution in [0.1, 0.15) is 30.3 Å². The summed E-state index contributed by atoms with van der Waals surface area (Å²) in [5, 5.41) is 16.6. The van der Waals surface area contributed by atoms with Crippen LogP contribution < -0.4 is 15.4 Å². The molecule has 12 nitrogen and oxygen atoms in total. The molecule has 14 heteroatoms. The number of carboxylic acids is 1. The van der Waals surface area contributed by atoms with Crippen LogP contribution >= 0.6 is 23.2 Å². The summed E-state index contributed by atoms with van der Waals surface area (Å²) < 4.78 is 13.6. The highest BCUT2D eigenvalue weighted by molar-refractivity contribution is 6.31. The number of carbonyl (C=O) groups is 3. The monoisotopic (exact) mass is 752 g/mol. The van der Waals surface area contributed by atoms with Gasteiger partial charge in [0.05, 0.1) is 37.5 Å². The van der Waals surface area contributed by atoms with Crippen LogP contribution in [-0.4, -0.2) is 95.2 Å². The summed E-state index contributed by atoms with van der Waals surface area (Å²) in [6.45, 7) is 2.56. The van der Waals surface area contributed by atoms with E-state index in [1.165, 1.54) is 19.1 Å². The molecule has 1 heterocycles. The lowest BCUT2D eigenvalue weighted by atomic mass is 10.0. The molecule has 3 atom stereocenters. The average molecular weight is 754 g/mol. The van der Waals surface area contributed by atoms with Gasteiger partial charge in [-0.15, -0.1) is 0 Å². The minimum atomic E-state index is -1.05. The van der Waals surface area contributed by atoms with E-state index in [4.69, 9.17) is 32.7 Å². The maximum absolute atomic E-state index is 13.6. The number of benzene rings is 3. The van der Waals surface area contributed by atoms with E-state index < -0.39 is 35.9 Å². The van der Waals surface area contributed by atoms with E-state index in [1.807, 2.05) is 57.7 Å². The Kier molecular flexibility index (Phi) is 14.6. The molecule has 0 saturated heterocycles. The molecule has 0 saturated carbocycles. The number of aliphatic carboxylic acids is 1. The zero-order chi connectivity index (χ0) is 37.9. The Balaban J connectivity index is 1.39. The predicted octanol–water partition coefficient (Wildman–Crippen LogP) is 5.40. The molecule has 3 unspecified atom stereocenters. The number of ether oxygens (including phenoxy) is 2. The second kappa shape index (κ2) is 18.9. The van der Waals surface area contributed by atoms with Crippen molar-refractivity contribution in [1.29, 1.82) is 0 Å². The number of imidazole rings is 1. The van der Waals surface area contributed by atoms with Crippen LogP contribution in [0.25, 0.3) is 11.3 Å². The lowest BCUT2D eigenvalue weighted by Gasteiger charge is -2.31. The van der Waals surface area contributed by atoms with E-state index in [-0.39, 0.29) is 26.0 Å². The van der Waals surface area contributed by atoms with Crippen molar-refractivity contribution in [3.63, 3.8) is 0 Å². The van der Waals surface area contributed by atoms with Crippen LogP contribution in [0.4, 0.5) is 0 Å². The largest absolute Gasteiger partial charge is 0.481 e. The number of halogens is 2. The van der Waals surface area contributed by atoms with Crippen molar-refractivity contribution in [3.8, 4) is 22.8 Å². The van der Waals surface area contributed by atoms with Gasteiger partial charge in [0.25, 0.3) is 0 Å². The number of carboxylic acid groups (broad SMARTS) is 1. The highest BCUT2D eigenvalue weighted by atomic mass is 35.5. The zero-order valence-corrected chi connectivity index (χ0v) is 31.7. The average Bonchev–Trinajstić information content (AvgIpc) is 3.46. The van der Waals surface area contributed by atoms with Crippen molar-refractivity contribution in [2.75, 3.05) is 34.9 Å². The molecule has 278 valence electrons. The van der Waals surface area contributed by atoms with Gasteiger partial charge in [0.2, 0.25) is 11.8 Å². The number of nitrogens with one attached hydrogen (secondary N) is 2. The maximum Gasteiger partial charge on any atom is 0.305 e. The molecular weight excluding hydrogens is 707 g/mol. The van der Waals surface area contributed by atoms with E-state index in [1.54, 1.807) is 43.3 Å². The van der Waals surface area contributed by atoms with E-state index in [9.17, 15) is 19.5 Å². The molecule has 0 radical (unpaired) electrons. The lowest BCUT2D eigenvalue weighted by molar-refractivity contribution is -0.142. The van der Waals surface area contributed by atoms with Crippen molar-refractivity contribution in [2.45, 2.75) is 51.0 Å². The first-order chi connectivity index (χ1) is 24.7. The van der Waals surface area contributed by atoms with E-state index in [0.717, 1.165) is 34.8 Å². The maximum atomic E-state index is 13.6. The third kappa shape index (κ3) is 11.3. The molecule has 0 spiro atoms. The van der Waals surface area contributed by atoms with Crippen LogP contribution in [0.15, 0.2) is 72.9 Å². The Hall–Kier alpha value is -4.46. The fourth-order valence-corrected chi connectivity index (χ4v) is 5.88. The van der Waals surface area contributed by atoms with Crippen LogP contribution in [0.3, 0.4) is 0 Å². The van der Waals surface area contributed by atoms with Gasteiger partial charge in [-0.25, -0.2) is 4.98 Å². The lowest BCUT2D eigenvalue weighted by Crippen LogP contribution is -2.55. The van der Waals surface area contributed by atoms with E-state index >= 15 is 0 Å². The van der Waals surface area contributed by atoms with Gasteiger partial charge in [0, 0.05) is 55.0 Å². The Morgan fingerprint density at radius 3 is 2.29 bits per heavy atom. The van der Waals surface area contributed by atoms with Crippen molar-refractivity contribution >= 4 is 41.0 Å². The molecule has 3 N–H and O–H groups in total. The van der Waals surface area contributed by atoms with Crippen molar-refractivity contribution < 1.29 is 29.0 Å². The van der Waals surface area contributed by atoms with Gasteiger partial charge < -0.3 is 39.6 Å². The van der Waals surface area contributed by atoms with Gasteiger partial charge in [0.1, 0.15) is 23.4 Å². The first kappa shape index (κ1) is 40.3. The van der Waals surface area contributed by atoms with Crippen LogP contribution in [0, 0.1) is 0 Å². The molecule has 0 aliphatic rings. The fourth-order valence-electron chi connectivity index (χ4n) is 5.60. The number of aromatic nitrogens is 2. The molecule has 0 aliphatic carbocycles. The smallest absolute Gasteiger partial charge is 0.305 e. The molecular formula is C38H46Cl2N6O6. The number of hydrogen-bond donors (Lipinski definition) is 3. The van der Waals surface area contributed by atoms with Crippen LogP contribution in [0.5, 0.6) is 11.5 Å². The predicted molar refractivity (Wildman–Crippen MR) is 202 cm³/mol. The molecule has 3 aromatic carbocycles. The summed E-state index contributed by atoms with van der Waals surface area (Å²) in [4.78, 5) is 46.6. The fraction of sp³-hybridized carbons (Fsp3) is 0.368. The van der Waals surface area contributed by atoms with Crippen molar-refractivity contribution in [3.05, 3.63) is 99.9 Å². The van der Waals surface area contributed by atoms with Gasteiger partial charge in [-0.2, -0.15) is 0 Å². The standard InChI is InChI=1S/C38H46Cl2N6O6/c1-24(37(49)43-32(23-51-6)38(50)45(4)30(19-36(47)48)17-25-7-12-28(39)13-8-25)41-20-27-9-14-29(40)18-34(27)52-31-15-10-26(11-16-31)33-21-42-35(46(33)5)22-44(2)3/h7-16,18,21,24,30,32,41H,17,19-20,22-23H2,1-6H3,(H,43,49)(H,47,48). The second-order valence-electron chi connectivity index (χ2n) is 12.9. The van der Waals surface area contributed by atoms with Gasteiger partial charge in [-0.05, 0) is 81.5 Å². The van der Waals surface area contributed by atoms with E-state index in [2.05, 4.69) is 25.1 Å². The minimum absolute atomic E-state index is 0.103. The van der Waals surface area contributed by atoms with Gasteiger partial charge >= 0.3 is 5.97 Å². The molecule has 2 amide bonds. The molecule has 4 aromatic rings. The van der Waals surface area contributed by atoms with Gasteiger partial charge in [-0.1, -0.05) is 41.4 Å². The Bertz CT molecular complexity index is 1820. The van der Waals surface area contributed by atoms with Crippen LogP contribution in [0.2, 0.25) is 10.0 Å². The van der Waals surface area contributed by atoms with Gasteiger partial charge in [-0.3, -0.25) is 14.4 Å². The molecule has 0 aliphatic heterocycles. The van der Waals surface area contributed by atoms with E-state index in [0.29, 0.717) is 21.5 Å². The third-order valence-corrected chi connectivity index (χ3v) is 9.07. The highest BCUT2D eigenvalue weighted by Crippen LogP contribution is 2.30. The Morgan fingerprint density at radius 1 is 0.981 bits per heavy atom. The SMILES string of the molecule is COCC(NC(=O)C(C)NCc1ccc(Cl)cc1Oc1ccc(-c2cnc(CN(C)C)n2C)cc1)C(=O)N(C)C(CC(=O)O)Cc1ccc(Cl)cc1. The molecule has 1 aromatic heterocycles. The summed E-state index contributed by atoms with van der Waals surface area (Å²) in [7, 11) is 8.95. The normalized spacial score (nSPS) is 13.0. The molecule has 52 heavy (non-hydrogen) atoms. The number of likely N-dealkylation sites (N-methyl/N-ethyl adjacent to an activating group) is 1. The summed E-state index contributed by atoms with van der Waals surface area (Å²) in [6.07, 6.45) is 1.86. The second-order valence-corrected chi connectivity index (χ2v) is 13.8. The summed E-state index contributed by atoms with van der Waals surface area (Å²) in [6, 6.07) is 17.5. The zero-order valence-electron chi connectivity index (χ0n) is 30.2. The number of methoxy groups -OCH3 is 1. The van der Waals surface area contributed by atoms with Crippen molar-refractivity contribution in [1.82, 2.24) is 30.0 Å². The number of carbonyl (C=O) groups excluding carboxylic acids is 2. The van der Waals surface area contributed by atoms with Crippen molar-refractivity contribution in [2.24, 2.45) is 7.05 Å². The van der Waals surface area contributed by atoms with Crippen LogP contribution in [-0.2, 0) is 45.7 Å². The summed E-state index contributed by atoms with van der Waals surface area (Å²) >= 11 is 12.3. The molecule has 4 rings (SSSR count). The first-order valence-electron chi connectivity index (χ1n) is 16.7. The number of hydrogen-bond acceptors (Lipinski definition) is 8. The molecule has 0 fully saturated rings. The Morgan fingerprint density at radius 2 is 1.65 bits per heavy atom. The highest BCUT2D eigenvalue weighted by Gasteiger charge is 2.31. The number of nitrogens with zero attached hydrogens (tertiary/aromatic N) is 4. The summed E-state index contributed by atoms with van der Waals surface area (Å²) in [5.41, 5.74) is 3.57. The molecule has 0 bridgehead atoms. The quantitative estimate of drug-likeness (QED) is 0.122. The minimum Gasteiger partial charge on any atom is -0.481 e. The van der Waals surface area contributed by atoms with Gasteiger partial charge in [0.15, 0.2) is 0 Å². The summed E-state index contributed by atoms with van der Waals surface area (Å²) in [5.74, 6) is 0.128. The number of rotatable bonds is 18. The Labute approximate surface area is 314 Å². The topological polar surface area (TPSA) is 138 Å². The third-order valence-electron chi connectivity index (χ3n) is 8.58. The first-order valence-corrected chi connectivity index (χ1v) is 17.5.